The molecule has 1 aliphatic heterocycles. The summed E-state index contributed by atoms with van der Waals surface area (Å²) in [5, 5.41) is 0.952. The summed E-state index contributed by atoms with van der Waals surface area (Å²) in [6, 6.07) is 26.6. The first-order chi connectivity index (χ1) is 19.8. The van der Waals surface area contributed by atoms with E-state index in [4.69, 9.17) is 44.9 Å². The van der Waals surface area contributed by atoms with Crippen molar-refractivity contribution in [3.05, 3.63) is 122 Å². The SMILES string of the molecule is COc1cc(C=C2C(=O)N(c3ccccc3)C(=S)N(c3ccccc3)C2=O)c(Br)cc1OCc1ccc(Cl)c(Cl)c1. The molecule has 1 fully saturated rings. The molecule has 0 aromatic heterocycles. The molecule has 10 heteroatoms. The van der Waals surface area contributed by atoms with E-state index in [1.165, 1.54) is 23.0 Å². The van der Waals surface area contributed by atoms with E-state index >= 15 is 0 Å². The maximum atomic E-state index is 13.8. The number of thiocarbonyl (C=S) groups is 1. The first-order valence-electron chi connectivity index (χ1n) is 12.3. The average Bonchev–Trinajstić information content (AvgIpc) is 2.98. The molecule has 6 nitrogen and oxygen atoms in total. The smallest absolute Gasteiger partial charge is 0.270 e. The van der Waals surface area contributed by atoms with Crippen LogP contribution in [0, 0.1) is 0 Å². The van der Waals surface area contributed by atoms with Gasteiger partial charge in [-0.1, -0.05) is 81.6 Å². The molecule has 206 valence electrons. The maximum absolute atomic E-state index is 13.8. The van der Waals surface area contributed by atoms with Gasteiger partial charge in [-0.15, -0.1) is 0 Å². The monoisotopic (exact) mass is 666 g/mol. The van der Waals surface area contributed by atoms with Crippen LogP contribution < -0.4 is 19.3 Å². The molecule has 4 aromatic carbocycles. The van der Waals surface area contributed by atoms with Crippen molar-refractivity contribution in [1.29, 1.82) is 0 Å². The zero-order valence-electron chi connectivity index (χ0n) is 21.5. The number of rotatable bonds is 7. The normalized spacial score (nSPS) is 13.5. The minimum absolute atomic E-state index is 0.0669. The summed E-state index contributed by atoms with van der Waals surface area (Å²) in [6.07, 6.45) is 1.52. The number of nitrogens with zero attached hydrogens (tertiary/aromatic N) is 2. The molecule has 0 radical (unpaired) electrons. The second-order valence-electron chi connectivity index (χ2n) is 8.85. The largest absolute Gasteiger partial charge is 0.493 e. The quantitative estimate of drug-likeness (QED) is 0.113. The molecule has 41 heavy (non-hydrogen) atoms. The molecular weight excluding hydrogens is 647 g/mol. The molecule has 1 heterocycles. The van der Waals surface area contributed by atoms with E-state index in [0.717, 1.165) is 5.56 Å². The molecule has 0 aliphatic carbocycles. The number of methoxy groups -OCH3 is 1. The summed E-state index contributed by atoms with van der Waals surface area (Å²) in [5.41, 5.74) is 2.38. The van der Waals surface area contributed by atoms with Crippen molar-refractivity contribution < 1.29 is 19.1 Å². The van der Waals surface area contributed by atoms with Crippen molar-refractivity contribution in [3.63, 3.8) is 0 Å². The minimum Gasteiger partial charge on any atom is -0.493 e. The molecular formula is C31H21BrCl2N2O4S. The standard InChI is InChI=1S/C31H21BrCl2N2O4S/c1-39-27-16-20(24(32)17-28(27)40-18-19-12-13-25(33)26(34)14-19)15-23-29(37)35(21-8-4-2-5-9-21)31(41)36(30(23)38)22-10-6-3-7-11-22/h2-17H,18H2,1H3. The van der Waals surface area contributed by atoms with Crippen molar-refractivity contribution in [1.82, 2.24) is 0 Å². The number of para-hydroxylation sites is 2. The first-order valence-corrected chi connectivity index (χ1v) is 14.2. The Labute approximate surface area is 260 Å². The van der Waals surface area contributed by atoms with Crippen molar-refractivity contribution >= 4 is 85.7 Å². The number of hydrogen-bond acceptors (Lipinski definition) is 5. The van der Waals surface area contributed by atoms with Gasteiger partial charge in [-0.05, 0) is 78.0 Å². The van der Waals surface area contributed by atoms with Gasteiger partial charge in [0.2, 0.25) is 0 Å². The molecule has 0 spiro atoms. The average molecular weight is 668 g/mol. The number of amides is 2. The summed E-state index contributed by atoms with van der Waals surface area (Å²) in [4.78, 5) is 30.3. The summed E-state index contributed by atoms with van der Waals surface area (Å²) in [6.45, 7) is 0.215. The third-order valence-electron chi connectivity index (χ3n) is 6.24. The zero-order chi connectivity index (χ0) is 29.1. The van der Waals surface area contributed by atoms with Crippen LogP contribution in [0.4, 0.5) is 11.4 Å². The van der Waals surface area contributed by atoms with Crippen LogP contribution in [-0.4, -0.2) is 24.0 Å². The maximum Gasteiger partial charge on any atom is 0.270 e. The van der Waals surface area contributed by atoms with Crippen LogP contribution in [0.15, 0.2) is 101 Å². The van der Waals surface area contributed by atoms with Crippen molar-refractivity contribution in [3.8, 4) is 11.5 Å². The molecule has 0 atom stereocenters. The third-order valence-corrected chi connectivity index (χ3v) is 8.03. The van der Waals surface area contributed by atoms with Crippen LogP contribution in [0.2, 0.25) is 10.0 Å². The Bertz CT molecular complexity index is 1620. The lowest BCUT2D eigenvalue weighted by molar-refractivity contribution is -0.120. The summed E-state index contributed by atoms with van der Waals surface area (Å²) >= 11 is 21.4. The topological polar surface area (TPSA) is 59.1 Å². The van der Waals surface area contributed by atoms with Crippen LogP contribution in [-0.2, 0) is 16.2 Å². The number of halogens is 3. The molecule has 1 aliphatic rings. The molecule has 0 N–H and O–H groups in total. The van der Waals surface area contributed by atoms with E-state index in [1.54, 1.807) is 72.8 Å². The van der Waals surface area contributed by atoms with E-state index in [2.05, 4.69) is 15.9 Å². The minimum atomic E-state index is -0.538. The number of benzene rings is 4. The number of carbonyl (C=O) groups excluding carboxylic acids is 2. The van der Waals surface area contributed by atoms with Crippen LogP contribution in [0.3, 0.4) is 0 Å². The second-order valence-corrected chi connectivity index (χ2v) is 10.9. The number of ether oxygens (including phenoxy) is 2. The van der Waals surface area contributed by atoms with Crippen LogP contribution in [0.1, 0.15) is 11.1 Å². The highest BCUT2D eigenvalue weighted by atomic mass is 79.9. The zero-order valence-corrected chi connectivity index (χ0v) is 25.4. The van der Waals surface area contributed by atoms with Gasteiger partial charge in [-0.3, -0.25) is 19.4 Å². The molecule has 4 aromatic rings. The van der Waals surface area contributed by atoms with E-state index in [-0.39, 0.29) is 17.3 Å². The van der Waals surface area contributed by atoms with Crippen molar-refractivity contribution in [2.75, 3.05) is 16.9 Å². The summed E-state index contributed by atoms with van der Waals surface area (Å²) in [5.74, 6) is -0.216. The predicted molar refractivity (Wildman–Crippen MR) is 170 cm³/mol. The fourth-order valence-corrected chi connectivity index (χ4v) is 5.35. The lowest BCUT2D eigenvalue weighted by atomic mass is 10.0. The van der Waals surface area contributed by atoms with Crippen LogP contribution >= 0.6 is 51.3 Å². The van der Waals surface area contributed by atoms with E-state index in [1.807, 2.05) is 18.2 Å². The van der Waals surface area contributed by atoms with Crippen molar-refractivity contribution in [2.24, 2.45) is 0 Å². The van der Waals surface area contributed by atoms with Gasteiger partial charge >= 0.3 is 0 Å². The molecule has 0 saturated carbocycles. The molecule has 1 saturated heterocycles. The van der Waals surface area contributed by atoms with E-state index < -0.39 is 11.8 Å². The van der Waals surface area contributed by atoms with Gasteiger partial charge in [0, 0.05) is 4.47 Å². The Hall–Kier alpha value is -3.69. The fraction of sp³-hybridized carbons (Fsp3) is 0.0645. The van der Waals surface area contributed by atoms with Gasteiger partial charge in [-0.25, -0.2) is 0 Å². The Balaban J connectivity index is 1.53. The van der Waals surface area contributed by atoms with Crippen LogP contribution in [0.5, 0.6) is 11.5 Å². The van der Waals surface area contributed by atoms with Gasteiger partial charge in [0.25, 0.3) is 11.8 Å². The Morgan fingerprint density at radius 3 is 1.93 bits per heavy atom. The highest BCUT2D eigenvalue weighted by Gasteiger charge is 2.41. The van der Waals surface area contributed by atoms with Gasteiger partial charge in [-0.2, -0.15) is 0 Å². The molecule has 0 unspecified atom stereocenters. The number of carbonyl (C=O) groups is 2. The fourth-order valence-electron chi connectivity index (χ4n) is 4.22. The lowest BCUT2D eigenvalue weighted by Gasteiger charge is -2.36. The van der Waals surface area contributed by atoms with E-state index in [0.29, 0.717) is 43.0 Å². The Morgan fingerprint density at radius 2 is 1.39 bits per heavy atom. The van der Waals surface area contributed by atoms with Crippen LogP contribution in [0.25, 0.3) is 6.08 Å². The molecule has 5 rings (SSSR count). The molecule has 2 amide bonds. The van der Waals surface area contributed by atoms with Gasteiger partial charge < -0.3 is 9.47 Å². The van der Waals surface area contributed by atoms with Gasteiger partial charge in [0.15, 0.2) is 16.6 Å². The lowest BCUT2D eigenvalue weighted by Crippen LogP contribution is -2.56. The Kier molecular flexibility index (Phi) is 8.75. The highest BCUT2D eigenvalue weighted by molar-refractivity contribution is 9.10. The number of hydrogen-bond donors (Lipinski definition) is 0. The predicted octanol–water partition coefficient (Wildman–Crippen LogP) is 8.09. The first kappa shape index (κ1) is 28.8. The second kappa shape index (κ2) is 12.4. The molecule has 0 bridgehead atoms. The summed E-state index contributed by atoms with van der Waals surface area (Å²) in [7, 11) is 1.51. The van der Waals surface area contributed by atoms with Gasteiger partial charge in [0.05, 0.1) is 28.5 Å². The highest BCUT2D eigenvalue weighted by Crippen LogP contribution is 2.37. The Morgan fingerprint density at radius 1 is 0.805 bits per heavy atom. The summed E-state index contributed by atoms with van der Waals surface area (Å²) < 4.78 is 12.2. The van der Waals surface area contributed by atoms with Crippen molar-refractivity contribution in [2.45, 2.75) is 6.61 Å². The number of anilines is 2. The van der Waals surface area contributed by atoms with Gasteiger partial charge in [0.1, 0.15) is 12.2 Å². The van der Waals surface area contributed by atoms with E-state index in [9.17, 15) is 9.59 Å². The third kappa shape index (κ3) is 6.01.